The molecule has 1 aromatic rings. The van der Waals surface area contributed by atoms with E-state index in [1.54, 1.807) is 6.07 Å². The third-order valence-corrected chi connectivity index (χ3v) is 2.69. The Morgan fingerprint density at radius 3 is 2.92 bits per heavy atom. The van der Waals surface area contributed by atoms with Gasteiger partial charge in [0.1, 0.15) is 5.75 Å². The summed E-state index contributed by atoms with van der Waals surface area (Å²) in [6, 6.07) is 6.19. The molecule has 0 radical (unpaired) electrons. The Bertz CT molecular complexity index is 310. The molecule has 70 valence electrons. The molecule has 2 nitrogen and oxygen atoms in total. The topological polar surface area (TPSA) is 32.3 Å². The third-order valence-electron chi connectivity index (χ3n) is 2.20. The number of nitrogens with one attached hydrogen (secondary N) is 1. The highest BCUT2D eigenvalue weighted by atomic mass is 79.9. The summed E-state index contributed by atoms with van der Waals surface area (Å²) in [5.74, 6) is 0.372. The molecule has 3 heteroatoms. The van der Waals surface area contributed by atoms with Gasteiger partial charge in [0, 0.05) is 22.6 Å². The van der Waals surface area contributed by atoms with Gasteiger partial charge in [-0.25, -0.2) is 0 Å². The number of hydrogen-bond donors (Lipinski definition) is 2. The quantitative estimate of drug-likeness (QED) is 0.853. The Morgan fingerprint density at radius 1 is 1.46 bits per heavy atom. The maximum atomic E-state index is 9.51. The molecule has 1 saturated carbocycles. The fourth-order valence-electron chi connectivity index (χ4n) is 1.24. The summed E-state index contributed by atoms with van der Waals surface area (Å²) in [5, 5.41) is 12.9. The number of phenolic OH excluding ortho intramolecular Hbond substituents is 1. The number of hydrogen-bond acceptors (Lipinski definition) is 2. The molecule has 1 aliphatic carbocycles. The van der Waals surface area contributed by atoms with E-state index in [1.165, 1.54) is 12.8 Å². The van der Waals surface area contributed by atoms with Gasteiger partial charge in [0.05, 0.1) is 0 Å². The Balaban J connectivity index is 2.03. The van der Waals surface area contributed by atoms with E-state index in [-0.39, 0.29) is 0 Å². The van der Waals surface area contributed by atoms with Crippen molar-refractivity contribution in [3.05, 3.63) is 28.2 Å². The molecule has 13 heavy (non-hydrogen) atoms. The van der Waals surface area contributed by atoms with Crippen LogP contribution in [0.15, 0.2) is 22.7 Å². The minimum Gasteiger partial charge on any atom is -0.508 e. The van der Waals surface area contributed by atoms with E-state index in [4.69, 9.17) is 0 Å². The second-order valence-electron chi connectivity index (χ2n) is 3.43. The number of aromatic hydroxyl groups is 1. The van der Waals surface area contributed by atoms with Crippen LogP contribution in [0.1, 0.15) is 18.4 Å². The fraction of sp³-hybridized carbons (Fsp3) is 0.400. The van der Waals surface area contributed by atoms with Crippen LogP contribution in [0.5, 0.6) is 5.75 Å². The van der Waals surface area contributed by atoms with Crippen molar-refractivity contribution in [1.82, 2.24) is 5.32 Å². The number of benzene rings is 1. The van der Waals surface area contributed by atoms with Crippen molar-refractivity contribution in [2.75, 3.05) is 0 Å². The molecule has 1 fully saturated rings. The molecular weight excluding hydrogens is 230 g/mol. The predicted molar refractivity (Wildman–Crippen MR) is 55.7 cm³/mol. The first-order chi connectivity index (χ1) is 6.25. The van der Waals surface area contributed by atoms with Gasteiger partial charge >= 0.3 is 0 Å². The van der Waals surface area contributed by atoms with E-state index < -0.39 is 0 Å². The van der Waals surface area contributed by atoms with Gasteiger partial charge in [0.15, 0.2) is 0 Å². The molecule has 0 aromatic heterocycles. The molecule has 0 aliphatic heterocycles. The molecule has 2 rings (SSSR count). The smallest absolute Gasteiger partial charge is 0.120 e. The van der Waals surface area contributed by atoms with E-state index >= 15 is 0 Å². The van der Waals surface area contributed by atoms with Crippen molar-refractivity contribution in [1.29, 1.82) is 0 Å². The first-order valence-electron chi connectivity index (χ1n) is 4.46. The zero-order valence-electron chi connectivity index (χ0n) is 7.26. The van der Waals surface area contributed by atoms with Gasteiger partial charge < -0.3 is 10.4 Å². The lowest BCUT2D eigenvalue weighted by Crippen LogP contribution is -2.15. The molecule has 1 aliphatic rings. The Kier molecular flexibility index (Phi) is 2.56. The van der Waals surface area contributed by atoms with Crippen LogP contribution in [0.3, 0.4) is 0 Å². The monoisotopic (exact) mass is 241 g/mol. The van der Waals surface area contributed by atoms with E-state index in [0.29, 0.717) is 11.8 Å². The van der Waals surface area contributed by atoms with Gasteiger partial charge in [0.2, 0.25) is 0 Å². The molecule has 2 N–H and O–H groups in total. The maximum absolute atomic E-state index is 9.51. The highest BCUT2D eigenvalue weighted by molar-refractivity contribution is 9.10. The standard InChI is InChI=1S/C10H12BrNO/c11-8-1-4-10(13)7(5-8)6-12-9-2-3-9/h1,4-5,9,12-13H,2-3,6H2. The summed E-state index contributed by atoms with van der Waals surface area (Å²) >= 11 is 3.38. The minimum absolute atomic E-state index is 0.372. The molecule has 0 saturated heterocycles. The van der Waals surface area contributed by atoms with Gasteiger partial charge in [-0.05, 0) is 31.0 Å². The van der Waals surface area contributed by atoms with Crippen molar-refractivity contribution in [3.63, 3.8) is 0 Å². The molecule has 0 bridgehead atoms. The Hall–Kier alpha value is -0.540. The number of halogens is 1. The van der Waals surface area contributed by atoms with E-state index in [2.05, 4.69) is 21.2 Å². The molecule has 0 unspecified atom stereocenters. The van der Waals surface area contributed by atoms with Crippen LogP contribution < -0.4 is 5.32 Å². The third kappa shape index (κ3) is 2.45. The van der Waals surface area contributed by atoms with Crippen LogP contribution in [-0.4, -0.2) is 11.1 Å². The predicted octanol–water partition coefficient (Wildman–Crippen LogP) is 2.41. The lowest BCUT2D eigenvalue weighted by atomic mass is 10.2. The molecule has 0 spiro atoms. The molecular formula is C10H12BrNO. The average Bonchev–Trinajstić information content (AvgIpc) is 2.90. The van der Waals surface area contributed by atoms with Crippen LogP contribution in [0.4, 0.5) is 0 Å². The fourth-order valence-corrected chi connectivity index (χ4v) is 1.65. The van der Waals surface area contributed by atoms with Crippen LogP contribution in [0.2, 0.25) is 0 Å². The normalized spacial score (nSPS) is 16.1. The summed E-state index contributed by atoms with van der Waals surface area (Å²) in [6.07, 6.45) is 2.55. The highest BCUT2D eigenvalue weighted by Gasteiger charge is 2.20. The van der Waals surface area contributed by atoms with Crippen molar-refractivity contribution < 1.29 is 5.11 Å². The van der Waals surface area contributed by atoms with Gasteiger partial charge in [0.25, 0.3) is 0 Å². The van der Waals surface area contributed by atoms with Crippen LogP contribution in [0.25, 0.3) is 0 Å². The first-order valence-corrected chi connectivity index (χ1v) is 5.26. The molecule has 0 amide bonds. The van der Waals surface area contributed by atoms with E-state index in [0.717, 1.165) is 16.6 Å². The van der Waals surface area contributed by atoms with Gasteiger partial charge in [-0.2, -0.15) is 0 Å². The molecule has 1 aromatic carbocycles. The summed E-state index contributed by atoms with van der Waals surface area (Å²) in [7, 11) is 0. The SMILES string of the molecule is Oc1ccc(Br)cc1CNC1CC1. The number of phenols is 1. The van der Waals surface area contributed by atoms with Crippen LogP contribution in [-0.2, 0) is 6.54 Å². The van der Waals surface area contributed by atoms with Crippen molar-refractivity contribution in [3.8, 4) is 5.75 Å². The average molecular weight is 242 g/mol. The zero-order valence-corrected chi connectivity index (χ0v) is 8.84. The Labute approximate surface area is 86.1 Å². The largest absolute Gasteiger partial charge is 0.508 e. The van der Waals surface area contributed by atoms with Gasteiger partial charge in [-0.15, -0.1) is 0 Å². The van der Waals surface area contributed by atoms with Crippen molar-refractivity contribution in [2.45, 2.75) is 25.4 Å². The van der Waals surface area contributed by atoms with Crippen molar-refractivity contribution in [2.24, 2.45) is 0 Å². The van der Waals surface area contributed by atoms with Gasteiger partial charge in [-0.1, -0.05) is 15.9 Å². The first kappa shape index (κ1) is 9.03. The van der Waals surface area contributed by atoms with Crippen LogP contribution in [0, 0.1) is 0 Å². The van der Waals surface area contributed by atoms with Crippen molar-refractivity contribution >= 4 is 15.9 Å². The highest BCUT2D eigenvalue weighted by Crippen LogP contribution is 2.24. The minimum atomic E-state index is 0.372. The summed E-state index contributed by atoms with van der Waals surface area (Å²) < 4.78 is 1.01. The summed E-state index contributed by atoms with van der Waals surface area (Å²) in [4.78, 5) is 0. The number of rotatable bonds is 3. The zero-order chi connectivity index (χ0) is 9.26. The summed E-state index contributed by atoms with van der Waals surface area (Å²) in [5.41, 5.74) is 0.960. The second kappa shape index (κ2) is 3.68. The molecule has 0 heterocycles. The maximum Gasteiger partial charge on any atom is 0.120 e. The lowest BCUT2D eigenvalue weighted by Gasteiger charge is -2.05. The van der Waals surface area contributed by atoms with Crippen LogP contribution >= 0.6 is 15.9 Å². The lowest BCUT2D eigenvalue weighted by molar-refractivity contribution is 0.464. The van der Waals surface area contributed by atoms with Gasteiger partial charge in [-0.3, -0.25) is 0 Å². The summed E-state index contributed by atoms with van der Waals surface area (Å²) in [6.45, 7) is 0.760. The van der Waals surface area contributed by atoms with E-state index in [9.17, 15) is 5.11 Å². The Morgan fingerprint density at radius 2 is 2.23 bits per heavy atom. The van der Waals surface area contributed by atoms with E-state index in [1.807, 2.05) is 12.1 Å². The second-order valence-corrected chi connectivity index (χ2v) is 4.34. The molecule has 0 atom stereocenters.